The van der Waals surface area contributed by atoms with E-state index >= 15 is 0 Å². The SMILES string of the molecule is C=CC(=O)NCCCN(C)S(=O)(=O)c1ccc(NC(=O)c2cc(-c3ccccc3)cs2)cc1. The van der Waals surface area contributed by atoms with Gasteiger partial charge < -0.3 is 10.6 Å². The Kier molecular flexibility index (Phi) is 8.16. The number of carbonyl (C=O) groups is 2. The predicted octanol–water partition coefficient (Wildman–Crippen LogP) is 3.98. The van der Waals surface area contributed by atoms with E-state index in [1.807, 2.05) is 41.8 Å². The lowest BCUT2D eigenvalue weighted by Gasteiger charge is -2.17. The first-order valence-corrected chi connectivity index (χ1v) is 12.5. The molecule has 3 rings (SSSR count). The summed E-state index contributed by atoms with van der Waals surface area (Å²) in [5, 5.41) is 7.34. The Morgan fingerprint density at radius 3 is 2.42 bits per heavy atom. The van der Waals surface area contributed by atoms with Gasteiger partial charge in [-0.05, 0) is 59.3 Å². The molecule has 2 aromatic carbocycles. The molecule has 0 fully saturated rings. The van der Waals surface area contributed by atoms with Crippen molar-refractivity contribution in [3.8, 4) is 11.1 Å². The van der Waals surface area contributed by atoms with Gasteiger partial charge in [-0.2, -0.15) is 0 Å². The third-order valence-electron chi connectivity index (χ3n) is 4.89. The predicted molar refractivity (Wildman–Crippen MR) is 132 cm³/mol. The van der Waals surface area contributed by atoms with Gasteiger partial charge in [-0.3, -0.25) is 9.59 Å². The molecule has 0 spiro atoms. The lowest BCUT2D eigenvalue weighted by molar-refractivity contribution is -0.116. The number of sulfonamides is 1. The molecule has 0 radical (unpaired) electrons. The molecule has 0 aliphatic heterocycles. The first-order valence-electron chi connectivity index (χ1n) is 10.2. The monoisotopic (exact) mass is 483 g/mol. The van der Waals surface area contributed by atoms with E-state index in [0.29, 0.717) is 23.5 Å². The van der Waals surface area contributed by atoms with E-state index in [2.05, 4.69) is 17.2 Å². The first-order chi connectivity index (χ1) is 15.8. The number of thiophene rings is 1. The minimum Gasteiger partial charge on any atom is -0.353 e. The summed E-state index contributed by atoms with van der Waals surface area (Å²) in [5.41, 5.74) is 2.51. The van der Waals surface area contributed by atoms with E-state index in [1.54, 1.807) is 12.1 Å². The van der Waals surface area contributed by atoms with Crippen molar-refractivity contribution in [2.45, 2.75) is 11.3 Å². The first kappa shape index (κ1) is 24.4. The molecule has 2 N–H and O–H groups in total. The number of anilines is 1. The number of benzene rings is 2. The highest BCUT2D eigenvalue weighted by atomic mass is 32.2. The molecule has 9 heteroatoms. The van der Waals surface area contributed by atoms with Crippen molar-refractivity contribution in [3.05, 3.63) is 83.6 Å². The lowest BCUT2D eigenvalue weighted by Crippen LogP contribution is -2.31. The largest absolute Gasteiger partial charge is 0.353 e. The second-order valence-corrected chi connectivity index (χ2v) is 10.2. The molecule has 7 nitrogen and oxygen atoms in total. The second kappa shape index (κ2) is 11.0. The lowest BCUT2D eigenvalue weighted by atomic mass is 10.1. The van der Waals surface area contributed by atoms with Crippen molar-refractivity contribution in [1.82, 2.24) is 9.62 Å². The van der Waals surface area contributed by atoms with Crippen molar-refractivity contribution in [1.29, 1.82) is 0 Å². The molecule has 0 aliphatic carbocycles. The highest BCUT2D eigenvalue weighted by Crippen LogP contribution is 2.26. The maximum absolute atomic E-state index is 12.7. The Labute approximate surface area is 197 Å². The van der Waals surface area contributed by atoms with Crippen LogP contribution >= 0.6 is 11.3 Å². The summed E-state index contributed by atoms with van der Waals surface area (Å²) in [6.07, 6.45) is 1.64. The second-order valence-electron chi connectivity index (χ2n) is 7.22. The summed E-state index contributed by atoms with van der Waals surface area (Å²) >= 11 is 1.35. The zero-order chi connectivity index (χ0) is 23.8. The molecule has 0 atom stereocenters. The summed E-state index contributed by atoms with van der Waals surface area (Å²) in [6.45, 7) is 3.97. The maximum Gasteiger partial charge on any atom is 0.265 e. The van der Waals surface area contributed by atoms with Crippen LogP contribution in [0.25, 0.3) is 11.1 Å². The van der Waals surface area contributed by atoms with Gasteiger partial charge in [-0.15, -0.1) is 11.3 Å². The molecule has 33 heavy (non-hydrogen) atoms. The number of nitrogens with one attached hydrogen (secondary N) is 2. The molecule has 0 aliphatic rings. The summed E-state index contributed by atoms with van der Waals surface area (Å²) in [7, 11) is -2.19. The minimum absolute atomic E-state index is 0.126. The van der Waals surface area contributed by atoms with E-state index in [4.69, 9.17) is 0 Å². The molecule has 2 amide bonds. The Morgan fingerprint density at radius 2 is 1.76 bits per heavy atom. The van der Waals surface area contributed by atoms with Gasteiger partial charge in [0.1, 0.15) is 0 Å². The van der Waals surface area contributed by atoms with E-state index in [0.717, 1.165) is 11.1 Å². The molecule has 0 saturated heterocycles. The molecule has 0 unspecified atom stereocenters. The normalized spacial score (nSPS) is 11.2. The van der Waals surface area contributed by atoms with Crippen LogP contribution in [0.1, 0.15) is 16.1 Å². The van der Waals surface area contributed by atoms with E-state index in [9.17, 15) is 18.0 Å². The highest BCUT2D eigenvalue weighted by molar-refractivity contribution is 7.89. The van der Waals surface area contributed by atoms with Gasteiger partial charge in [0.2, 0.25) is 15.9 Å². The summed E-state index contributed by atoms with van der Waals surface area (Å²) in [5.74, 6) is -0.548. The van der Waals surface area contributed by atoms with Gasteiger partial charge >= 0.3 is 0 Å². The van der Waals surface area contributed by atoms with Gasteiger partial charge in [-0.25, -0.2) is 12.7 Å². The van der Waals surface area contributed by atoms with Gasteiger partial charge in [0.05, 0.1) is 9.77 Å². The van der Waals surface area contributed by atoms with Crippen LogP contribution in [0.15, 0.2) is 83.6 Å². The van der Waals surface area contributed by atoms with Crippen LogP contribution in [0.2, 0.25) is 0 Å². The third-order valence-corrected chi connectivity index (χ3v) is 7.69. The minimum atomic E-state index is -3.68. The highest BCUT2D eigenvalue weighted by Gasteiger charge is 2.20. The quantitative estimate of drug-likeness (QED) is 0.337. The fourth-order valence-corrected chi connectivity index (χ4v) is 5.05. The molecule has 1 heterocycles. The fraction of sp³-hybridized carbons (Fsp3) is 0.167. The summed E-state index contributed by atoms with van der Waals surface area (Å²) in [4.78, 5) is 24.4. The number of hydrogen-bond acceptors (Lipinski definition) is 5. The fourth-order valence-electron chi connectivity index (χ4n) is 3.03. The van der Waals surface area contributed by atoms with Gasteiger partial charge in [0.15, 0.2) is 0 Å². The smallest absolute Gasteiger partial charge is 0.265 e. The average Bonchev–Trinajstić information content (AvgIpc) is 3.33. The topological polar surface area (TPSA) is 95.6 Å². The van der Waals surface area contributed by atoms with Crippen LogP contribution in [0.3, 0.4) is 0 Å². The van der Waals surface area contributed by atoms with E-state index in [-0.39, 0.29) is 23.3 Å². The Balaban J connectivity index is 1.59. The molecule has 3 aromatic rings. The van der Waals surface area contributed by atoms with Crippen molar-refractivity contribution in [2.24, 2.45) is 0 Å². The Bertz CT molecular complexity index is 1220. The number of hydrogen-bond donors (Lipinski definition) is 2. The third kappa shape index (κ3) is 6.38. The Hall–Kier alpha value is -3.27. The van der Waals surface area contributed by atoms with Crippen LogP contribution in [-0.2, 0) is 14.8 Å². The zero-order valence-corrected chi connectivity index (χ0v) is 19.8. The molecule has 0 saturated carbocycles. The van der Waals surface area contributed by atoms with Crippen LogP contribution in [0, 0.1) is 0 Å². The number of rotatable bonds is 10. The van der Waals surface area contributed by atoms with Crippen molar-refractivity contribution < 1.29 is 18.0 Å². The van der Waals surface area contributed by atoms with Crippen LogP contribution in [-0.4, -0.2) is 44.7 Å². The van der Waals surface area contributed by atoms with Crippen LogP contribution in [0.4, 0.5) is 5.69 Å². The molecular formula is C24H25N3O4S2. The van der Waals surface area contributed by atoms with Crippen LogP contribution in [0.5, 0.6) is 0 Å². The Morgan fingerprint density at radius 1 is 1.06 bits per heavy atom. The summed E-state index contributed by atoms with van der Waals surface area (Å²) < 4.78 is 26.7. The number of carbonyl (C=O) groups excluding carboxylic acids is 2. The molecule has 0 bridgehead atoms. The standard InChI is InChI=1S/C24H25N3O4S2/c1-3-23(28)25-14-7-15-27(2)33(30,31)21-12-10-20(11-13-21)26-24(29)22-16-19(17-32-22)18-8-5-4-6-9-18/h3-6,8-13,16-17H,1,7,14-15H2,2H3,(H,25,28)(H,26,29). The van der Waals surface area contributed by atoms with Gasteiger partial charge in [-0.1, -0.05) is 36.9 Å². The van der Waals surface area contributed by atoms with Crippen molar-refractivity contribution in [2.75, 3.05) is 25.5 Å². The number of amides is 2. The zero-order valence-electron chi connectivity index (χ0n) is 18.2. The molecule has 1 aromatic heterocycles. The maximum atomic E-state index is 12.7. The van der Waals surface area contributed by atoms with Crippen LogP contribution < -0.4 is 10.6 Å². The average molecular weight is 484 g/mol. The van der Waals surface area contributed by atoms with Crippen molar-refractivity contribution >= 4 is 38.9 Å². The summed E-state index contributed by atoms with van der Waals surface area (Å²) in [6, 6.07) is 17.7. The van der Waals surface area contributed by atoms with E-state index in [1.165, 1.54) is 40.9 Å². The van der Waals surface area contributed by atoms with Crippen molar-refractivity contribution in [3.63, 3.8) is 0 Å². The van der Waals surface area contributed by atoms with Gasteiger partial charge in [0.25, 0.3) is 5.91 Å². The van der Waals surface area contributed by atoms with Gasteiger partial charge in [0, 0.05) is 25.8 Å². The molecule has 172 valence electrons. The molecular weight excluding hydrogens is 458 g/mol. The van der Waals surface area contributed by atoms with E-state index < -0.39 is 10.0 Å². The number of nitrogens with zero attached hydrogens (tertiary/aromatic N) is 1.